The zero-order valence-corrected chi connectivity index (χ0v) is 15.9. The summed E-state index contributed by atoms with van der Waals surface area (Å²) in [6.07, 6.45) is 2.06. The van der Waals surface area contributed by atoms with Gasteiger partial charge in [-0.15, -0.1) is 0 Å². The van der Waals surface area contributed by atoms with Crippen LogP contribution < -0.4 is 15.4 Å². The Morgan fingerprint density at radius 1 is 1.04 bits per heavy atom. The van der Waals surface area contributed by atoms with Gasteiger partial charge in [-0.25, -0.2) is 0 Å². The van der Waals surface area contributed by atoms with Gasteiger partial charge in [0.15, 0.2) is 0 Å². The van der Waals surface area contributed by atoms with Crippen molar-refractivity contribution >= 4 is 39.1 Å². The SMILES string of the molecule is CCCCOc1ccc(C(=O)Nc2ccc(NC(C)=O)cc2)cc1Br. The van der Waals surface area contributed by atoms with Crippen LogP contribution in [0.5, 0.6) is 5.75 Å². The van der Waals surface area contributed by atoms with Gasteiger partial charge in [0.25, 0.3) is 5.91 Å². The van der Waals surface area contributed by atoms with Gasteiger partial charge in [-0.2, -0.15) is 0 Å². The van der Waals surface area contributed by atoms with Crippen molar-refractivity contribution < 1.29 is 14.3 Å². The molecule has 2 aromatic rings. The van der Waals surface area contributed by atoms with Crippen LogP contribution in [0, 0.1) is 0 Å². The topological polar surface area (TPSA) is 67.4 Å². The van der Waals surface area contributed by atoms with E-state index in [9.17, 15) is 9.59 Å². The van der Waals surface area contributed by atoms with E-state index in [0.717, 1.165) is 23.1 Å². The summed E-state index contributed by atoms with van der Waals surface area (Å²) >= 11 is 3.44. The van der Waals surface area contributed by atoms with Crippen LogP contribution in [-0.2, 0) is 4.79 Å². The number of unbranched alkanes of at least 4 members (excludes halogenated alkanes) is 1. The highest BCUT2D eigenvalue weighted by atomic mass is 79.9. The Kier molecular flexibility index (Phi) is 7.01. The van der Waals surface area contributed by atoms with Gasteiger partial charge < -0.3 is 15.4 Å². The van der Waals surface area contributed by atoms with Gasteiger partial charge in [0.05, 0.1) is 11.1 Å². The molecule has 132 valence electrons. The first kappa shape index (κ1) is 19.0. The molecule has 0 aliphatic carbocycles. The molecule has 0 bridgehead atoms. The minimum atomic E-state index is -0.215. The van der Waals surface area contributed by atoms with E-state index in [1.54, 1.807) is 42.5 Å². The van der Waals surface area contributed by atoms with Crippen molar-refractivity contribution in [3.05, 3.63) is 52.5 Å². The molecule has 0 spiro atoms. The average Bonchev–Trinajstić information content (AvgIpc) is 2.57. The Hall–Kier alpha value is -2.34. The Labute approximate surface area is 155 Å². The van der Waals surface area contributed by atoms with E-state index in [2.05, 4.69) is 33.5 Å². The van der Waals surface area contributed by atoms with Crippen LogP contribution in [0.15, 0.2) is 46.9 Å². The second-order valence-corrected chi connectivity index (χ2v) is 6.41. The molecular weight excluding hydrogens is 384 g/mol. The van der Waals surface area contributed by atoms with Crippen molar-refractivity contribution in [2.45, 2.75) is 26.7 Å². The van der Waals surface area contributed by atoms with Crippen LogP contribution in [0.2, 0.25) is 0 Å². The lowest BCUT2D eigenvalue weighted by Gasteiger charge is -2.10. The fourth-order valence-corrected chi connectivity index (χ4v) is 2.62. The van der Waals surface area contributed by atoms with Gasteiger partial charge in [-0.05, 0) is 64.8 Å². The molecule has 2 rings (SSSR count). The molecule has 2 N–H and O–H groups in total. The molecule has 0 saturated carbocycles. The number of benzene rings is 2. The van der Waals surface area contributed by atoms with Gasteiger partial charge in [0.2, 0.25) is 5.91 Å². The summed E-state index contributed by atoms with van der Waals surface area (Å²) in [6, 6.07) is 12.2. The highest BCUT2D eigenvalue weighted by molar-refractivity contribution is 9.10. The smallest absolute Gasteiger partial charge is 0.255 e. The number of halogens is 1. The summed E-state index contributed by atoms with van der Waals surface area (Å²) in [6.45, 7) is 4.21. The maximum atomic E-state index is 12.4. The number of hydrogen-bond donors (Lipinski definition) is 2. The van der Waals surface area contributed by atoms with Crippen molar-refractivity contribution in [3.63, 3.8) is 0 Å². The van der Waals surface area contributed by atoms with Crippen LogP contribution in [0.25, 0.3) is 0 Å². The Morgan fingerprint density at radius 2 is 1.68 bits per heavy atom. The lowest BCUT2D eigenvalue weighted by atomic mass is 10.2. The number of carbonyl (C=O) groups excluding carboxylic acids is 2. The molecule has 0 saturated heterocycles. The number of ether oxygens (including phenoxy) is 1. The van der Waals surface area contributed by atoms with Crippen LogP contribution in [0.4, 0.5) is 11.4 Å². The third-order valence-corrected chi connectivity index (χ3v) is 4.03. The van der Waals surface area contributed by atoms with Crippen molar-refractivity contribution in [1.82, 2.24) is 0 Å². The molecule has 2 amide bonds. The highest BCUT2D eigenvalue weighted by Crippen LogP contribution is 2.26. The van der Waals surface area contributed by atoms with E-state index in [1.807, 2.05) is 0 Å². The lowest BCUT2D eigenvalue weighted by Crippen LogP contribution is -2.12. The van der Waals surface area contributed by atoms with Gasteiger partial charge in [-0.3, -0.25) is 9.59 Å². The van der Waals surface area contributed by atoms with Crippen molar-refractivity contribution in [3.8, 4) is 5.75 Å². The number of amides is 2. The summed E-state index contributed by atoms with van der Waals surface area (Å²) < 4.78 is 6.41. The molecule has 5 nitrogen and oxygen atoms in total. The standard InChI is InChI=1S/C19H21BrN2O3/c1-3-4-11-25-18-10-5-14(12-17(18)20)19(24)22-16-8-6-15(7-9-16)21-13(2)23/h5-10,12H,3-4,11H2,1-2H3,(H,21,23)(H,22,24). The van der Waals surface area contributed by atoms with Crippen molar-refractivity contribution in [2.24, 2.45) is 0 Å². The lowest BCUT2D eigenvalue weighted by molar-refractivity contribution is -0.114. The molecule has 25 heavy (non-hydrogen) atoms. The minimum absolute atomic E-state index is 0.136. The normalized spacial score (nSPS) is 10.2. The molecule has 0 fully saturated rings. The second kappa shape index (κ2) is 9.22. The van der Waals surface area contributed by atoms with Crippen LogP contribution >= 0.6 is 15.9 Å². The Bertz CT molecular complexity index is 745. The van der Waals surface area contributed by atoms with Gasteiger partial charge in [0.1, 0.15) is 5.75 Å². The maximum Gasteiger partial charge on any atom is 0.255 e. The molecule has 0 aliphatic rings. The number of anilines is 2. The number of nitrogens with one attached hydrogen (secondary N) is 2. The first-order chi connectivity index (χ1) is 12.0. The largest absolute Gasteiger partial charge is 0.492 e. The van der Waals surface area contributed by atoms with E-state index < -0.39 is 0 Å². The third kappa shape index (κ3) is 5.90. The van der Waals surface area contributed by atoms with Gasteiger partial charge in [-0.1, -0.05) is 13.3 Å². The predicted molar refractivity (Wildman–Crippen MR) is 103 cm³/mol. The molecule has 0 atom stereocenters. The molecule has 0 radical (unpaired) electrons. The molecule has 0 aromatic heterocycles. The fourth-order valence-electron chi connectivity index (χ4n) is 2.13. The summed E-state index contributed by atoms with van der Waals surface area (Å²) in [5.41, 5.74) is 1.86. The monoisotopic (exact) mass is 404 g/mol. The van der Waals surface area contributed by atoms with E-state index in [4.69, 9.17) is 4.74 Å². The number of rotatable bonds is 7. The summed E-state index contributed by atoms with van der Waals surface area (Å²) in [7, 11) is 0. The maximum absolute atomic E-state index is 12.4. The van der Waals surface area contributed by atoms with Gasteiger partial charge in [0, 0.05) is 23.9 Å². The molecule has 6 heteroatoms. The van der Waals surface area contributed by atoms with Crippen molar-refractivity contribution in [1.29, 1.82) is 0 Å². The molecular formula is C19H21BrN2O3. The third-order valence-electron chi connectivity index (χ3n) is 3.41. The summed E-state index contributed by atoms with van der Waals surface area (Å²) in [4.78, 5) is 23.4. The molecule has 0 aliphatic heterocycles. The van der Waals surface area contributed by atoms with Crippen LogP contribution in [-0.4, -0.2) is 18.4 Å². The van der Waals surface area contributed by atoms with Gasteiger partial charge >= 0.3 is 0 Å². The molecule has 0 heterocycles. The van der Waals surface area contributed by atoms with E-state index in [1.165, 1.54) is 6.92 Å². The van der Waals surface area contributed by atoms with E-state index in [-0.39, 0.29) is 11.8 Å². The highest BCUT2D eigenvalue weighted by Gasteiger charge is 2.10. The zero-order chi connectivity index (χ0) is 18.2. The predicted octanol–water partition coefficient (Wildman–Crippen LogP) is 4.84. The number of carbonyl (C=O) groups is 2. The summed E-state index contributed by atoms with van der Waals surface area (Å²) in [5.74, 6) is 0.376. The Balaban J connectivity index is 2.00. The van der Waals surface area contributed by atoms with E-state index in [0.29, 0.717) is 23.5 Å². The minimum Gasteiger partial charge on any atom is -0.492 e. The van der Waals surface area contributed by atoms with E-state index >= 15 is 0 Å². The summed E-state index contributed by atoms with van der Waals surface area (Å²) in [5, 5.41) is 5.50. The van der Waals surface area contributed by atoms with Crippen LogP contribution in [0.3, 0.4) is 0 Å². The first-order valence-corrected chi connectivity index (χ1v) is 8.90. The van der Waals surface area contributed by atoms with Crippen LogP contribution in [0.1, 0.15) is 37.0 Å². The Morgan fingerprint density at radius 3 is 2.24 bits per heavy atom. The second-order valence-electron chi connectivity index (χ2n) is 5.56. The van der Waals surface area contributed by atoms with Crippen molar-refractivity contribution in [2.75, 3.05) is 17.2 Å². The average molecular weight is 405 g/mol. The molecule has 2 aromatic carbocycles. The fraction of sp³-hybridized carbons (Fsp3) is 0.263. The molecule has 0 unspecified atom stereocenters. The quantitative estimate of drug-likeness (QED) is 0.648. The number of hydrogen-bond acceptors (Lipinski definition) is 3. The zero-order valence-electron chi connectivity index (χ0n) is 14.3. The first-order valence-electron chi connectivity index (χ1n) is 8.11.